The fourth-order valence-corrected chi connectivity index (χ4v) is 4.08. The third-order valence-electron chi connectivity index (χ3n) is 5.85. The van der Waals surface area contributed by atoms with Crippen molar-refractivity contribution in [2.75, 3.05) is 18.0 Å². The van der Waals surface area contributed by atoms with Crippen molar-refractivity contribution in [3.8, 4) is 5.75 Å². The van der Waals surface area contributed by atoms with Crippen LogP contribution in [-0.2, 0) is 12.1 Å². The van der Waals surface area contributed by atoms with E-state index in [1.54, 1.807) is 0 Å². The van der Waals surface area contributed by atoms with Crippen molar-refractivity contribution >= 4 is 11.7 Å². The second-order valence-electron chi connectivity index (χ2n) is 7.99. The molecule has 3 aromatic rings. The number of rotatable bonds is 7. The summed E-state index contributed by atoms with van der Waals surface area (Å²) in [7, 11) is 0. The lowest BCUT2D eigenvalue weighted by Crippen LogP contribution is -2.53. The largest absolute Gasteiger partial charge is 0.573 e. The number of aliphatic hydroxyl groups is 1. The number of alkyl halides is 3. The summed E-state index contributed by atoms with van der Waals surface area (Å²) in [5.74, 6) is -2.27. The normalized spacial score (nSPS) is 16.9. The Morgan fingerprint density at radius 1 is 1.11 bits per heavy atom. The number of hydrogen-bond acceptors (Lipinski definition) is 5. The van der Waals surface area contributed by atoms with Crippen LogP contribution < -0.4 is 9.64 Å². The van der Waals surface area contributed by atoms with Crippen LogP contribution in [0.2, 0.25) is 0 Å². The second kappa shape index (κ2) is 9.13. The lowest BCUT2D eigenvalue weighted by molar-refractivity contribution is -0.274. The van der Waals surface area contributed by atoms with Gasteiger partial charge in [-0.05, 0) is 37.3 Å². The van der Waals surface area contributed by atoms with Crippen molar-refractivity contribution in [3.63, 3.8) is 0 Å². The fraction of sp³-hybridized carbons (Fsp3) is 0.318. The fourth-order valence-electron chi connectivity index (χ4n) is 4.08. The average molecular weight is 497 g/mol. The standard InChI is InChI=1S/C22H20F5N5O3/c1-14(21(34,11-30-13-28-12-29-30)18-7-2-15(23)10-19(18)24)31-8-9-32(20(31)33)16-3-5-17(6-4-16)35-22(25,26)27/h2-7,10,12-14,34H,8-9,11H2,1H3. The van der Waals surface area contributed by atoms with E-state index in [2.05, 4.69) is 14.8 Å². The Labute approximate surface area is 196 Å². The first-order valence-electron chi connectivity index (χ1n) is 10.4. The molecule has 0 bridgehead atoms. The minimum Gasteiger partial charge on any atom is -0.406 e. The van der Waals surface area contributed by atoms with Crippen molar-refractivity contribution in [2.24, 2.45) is 0 Å². The number of hydrogen-bond donors (Lipinski definition) is 1. The van der Waals surface area contributed by atoms with E-state index in [9.17, 15) is 31.9 Å². The average Bonchev–Trinajstić information content (AvgIpc) is 3.42. The van der Waals surface area contributed by atoms with Crippen molar-refractivity contribution in [3.05, 3.63) is 72.3 Å². The molecule has 1 N–H and O–H groups in total. The van der Waals surface area contributed by atoms with Gasteiger partial charge in [-0.3, -0.25) is 4.90 Å². The molecule has 1 aromatic heterocycles. The summed E-state index contributed by atoms with van der Waals surface area (Å²) in [5.41, 5.74) is -1.95. The molecule has 13 heteroatoms. The second-order valence-corrected chi connectivity index (χ2v) is 7.99. The predicted octanol–water partition coefficient (Wildman–Crippen LogP) is 3.67. The van der Waals surface area contributed by atoms with E-state index in [1.807, 2.05) is 0 Å². The molecule has 0 radical (unpaired) electrons. The highest BCUT2D eigenvalue weighted by Crippen LogP contribution is 2.35. The van der Waals surface area contributed by atoms with Gasteiger partial charge < -0.3 is 14.7 Å². The van der Waals surface area contributed by atoms with E-state index in [0.717, 1.165) is 24.3 Å². The first kappa shape index (κ1) is 24.4. The number of ether oxygens (including phenoxy) is 1. The Hall–Kier alpha value is -3.74. The smallest absolute Gasteiger partial charge is 0.406 e. The van der Waals surface area contributed by atoms with Gasteiger partial charge in [0.15, 0.2) is 0 Å². The summed E-state index contributed by atoms with van der Waals surface area (Å²) in [4.78, 5) is 19.6. The molecule has 8 nitrogen and oxygen atoms in total. The van der Waals surface area contributed by atoms with Crippen LogP contribution in [0.4, 0.5) is 32.4 Å². The van der Waals surface area contributed by atoms with Gasteiger partial charge in [-0.2, -0.15) is 5.10 Å². The molecule has 1 saturated heterocycles. The third-order valence-corrected chi connectivity index (χ3v) is 5.85. The van der Waals surface area contributed by atoms with Gasteiger partial charge in [0, 0.05) is 30.4 Å². The molecule has 2 unspecified atom stereocenters. The number of anilines is 1. The zero-order chi connectivity index (χ0) is 25.4. The molecule has 0 aliphatic carbocycles. The molecule has 2 heterocycles. The SMILES string of the molecule is CC(N1CCN(c2ccc(OC(F)(F)F)cc2)C1=O)C(O)(Cn1cncn1)c1ccc(F)cc1F. The Kier molecular flexibility index (Phi) is 6.36. The van der Waals surface area contributed by atoms with Gasteiger partial charge in [0.2, 0.25) is 0 Å². The molecule has 1 aliphatic heterocycles. The molecule has 1 aliphatic rings. The predicted molar refractivity (Wildman–Crippen MR) is 112 cm³/mol. The van der Waals surface area contributed by atoms with Crippen molar-refractivity contribution in [1.82, 2.24) is 19.7 Å². The molecule has 35 heavy (non-hydrogen) atoms. The highest BCUT2D eigenvalue weighted by molar-refractivity contribution is 5.94. The maximum atomic E-state index is 14.8. The molecule has 4 rings (SSSR count). The number of amides is 2. The highest BCUT2D eigenvalue weighted by Gasteiger charge is 2.46. The van der Waals surface area contributed by atoms with E-state index in [-0.39, 0.29) is 25.2 Å². The van der Waals surface area contributed by atoms with Crippen molar-refractivity contribution < 1.29 is 36.6 Å². The van der Waals surface area contributed by atoms with Gasteiger partial charge in [0.05, 0.1) is 12.6 Å². The highest BCUT2D eigenvalue weighted by atomic mass is 19.4. The summed E-state index contributed by atoms with van der Waals surface area (Å²) in [6.07, 6.45) is -2.32. The number of halogens is 5. The summed E-state index contributed by atoms with van der Waals surface area (Å²) in [5, 5.41) is 15.6. The maximum absolute atomic E-state index is 14.8. The van der Waals surface area contributed by atoms with E-state index >= 15 is 0 Å². The Morgan fingerprint density at radius 3 is 2.43 bits per heavy atom. The lowest BCUT2D eigenvalue weighted by atomic mass is 9.85. The molecule has 2 atom stereocenters. The third kappa shape index (κ3) is 5.04. The van der Waals surface area contributed by atoms with Gasteiger partial charge in [0.1, 0.15) is 35.6 Å². The molecule has 186 valence electrons. The van der Waals surface area contributed by atoms with Crippen LogP contribution in [-0.4, -0.2) is 56.3 Å². The number of urea groups is 1. The summed E-state index contributed by atoms with van der Waals surface area (Å²) in [6, 6.07) is 5.93. The van der Waals surface area contributed by atoms with E-state index < -0.39 is 41.4 Å². The van der Waals surface area contributed by atoms with Gasteiger partial charge in [-0.15, -0.1) is 13.2 Å². The van der Waals surface area contributed by atoms with Crippen LogP contribution >= 0.6 is 0 Å². The topological polar surface area (TPSA) is 83.7 Å². The molecule has 2 aromatic carbocycles. The first-order valence-corrected chi connectivity index (χ1v) is 10.4. The van der Waals surface area contributed by atoms with E-state index in [0.29, 0.717) is 11.8 Å². The van der Waals surface area contributed by atoms with Crippen LogP contribution in [0.25, 0.3) is 0 Å². The van der Waals surface area contributed by atoms with Crippen LogP contribution in [0.5, 0.6) is 5.75 Å². The van der Waals surface area contributed by atoms with Crippen LogP contribution in [0.15, 0.2) is 55.1 Å². The molecular formula is C22H20F5N5O3. The number of carbonyl (C=O) groups excluding carboxylic acids is 1. The Bertz CT molecular complexity index is 1190. The zero-order valence-electron chi connectivity index (χ0n) is 18.3. The molecular weight excluding hydrogens is 477 g/mol. The Balaban J connectivity index is 1.60. The number of aromatic nitrogens is 3. The molecule has 0 saturated carbocycles. The van der Waals surface area contributed by atoms with E-state index in [1.165, 1.54) is 46.2 Å². The maximum Gasteiger partial charge on any atom is 0.573 e. The lowest BCUT2D eigenvalue weighted by Gasteiger charge is -2.39. The summed E-state index contributed by atoms with van der Waals surface area (Å²) < 4.78 is 70.6. The van der Waals surface area contributed by atoms with Gasteiger partial charge in [-0.25, -0.2) is 23.2 Å². The van der Waals surface area contributed by atoms with Gasteiger partial charge >= 0.3 is 12.4 Å². The van der Waals surface area contributed by atoms with Crippen LogP contribution in [0, 0.1) is 11.6 Å². The minimum atomic E-state index is -4.85. The minimum absolute atomic E-state index is 0.128. The number of carbonyl (C=O) groups is 1. The number of benzene rings is 2. The van der Waals surface area contributed by atoms with Crippen LogP contribution in [0.3, 0.4) is 0 Å². The van der Waals surface area contributed by atoms with Crippen LogP contribution in [0.1, 0.15) is 12.5 Å². The molecule has 1 fully saturated rings. The molecule has 0 spiro atoms. The number of nitrogens with zero attached hydrogens (tertiary/aromatic N) is 5. The van der Waals surface area contributed by atoms with Crippen molar-refractivity contribution in [2.45, 2.75) is 31.5 Å². The zero-order valence-corrected chi connectivity index (χ0v) is 18.3. The summed E-state index contributed by atoms with van der Waals surface area (Å²) >= 11 is 0. The van der Waals surface area contributed by atoms with Gasteiger partial charge in [-0.1, -0.05) is 6.07 Å². The Morgan fingerprint density at radius 2 is 1.83 bits per heavy atom. The molecule has 2 amide bonds. The first-order chi connectivity index (χ1) is 16.5. The summed E-state index contributed by atoms with van der Waals surface area (Å²) in [6.45, 7) is 1.52. The van der Waals surface area contributed by atoms with E-state index in [4.69, 9.17) is 0 Å². The van der Waals surface area contributed by atoms with Crippen molar-refractivity contribution in [1.29, 1.82) is 0 Å². The monoisotopic (exact) mass is 497 g/mol. The van der Waals surface area contributed by atoms with Gasteiger partial charge in [0.25, 0.3) is 0 Å². The quantitative estimate of drug-likeness (QED) is 0.504.